The number of hydrogen-bond acceptors (Lipinski definition) is 4. The number of amidine groups is 1. The van der Waals surface area contributed by atoms with Crippen molar-refractivity contribution in [3.8, 4) is 0 Å². The molecule has 4 nitrogen and oxygen atoms in total. The van der Waals surface area contributed by atoms with Gasteiger partial charge in [-0.2, -0.15) is 0 Å². The highest BCUT2D eigenvalue weighted by Gasteiger charge is 2.04. The molecule has 92 valence electrons. The number of benzene rings is 1. The van der Waals surface area contributed by atoms with E-state index in [9.17, 15) is 4.39 Å². The first-order valence-corrected chi connectivity index (χ1v) is 5.89. The van der Waals surface area contributed by atoms with E-state index in [1.165, 1.54) is 23.9 Å². The van der Waals surface area contributed by atoms with Gasteiger partial charge in [0.2, 0.25) is 0 Å². The van der Waals surface area contributed by atoms with E-state index in [1.807, 2.05) is 0 Å². The van der Waals surface area contributed by atoms with Crippen LogP contribution in [0.2, 0.25) is 0 Å². The molecular formula is C12H10FN3OS. The molecule has 0 spiro atoms. The molecule has 0 fully saturated rings. The molecule has 2 aromatic rings. The molecule has 18 heavy (non-hydrogen) atoms. The summed E-state index contributed by atoms with van der Waals surface area (Å²) in [6.45, 7) is 0. The molecule has 0 radical (unpaired) electrons. The number of halogens is 1. The largest absolute Gasteiger partial charge is 0.409 e. The summed E-state index contributed by atoms with van der Waals surface area (Å²) < 4.78 is 13.0. The minimum absolute atomic E-state index is 0.0586. The molecule has 0 aliphatic carbocycles. The van der Waals surface area contributed by atoms with Gasteiger partial charge in [-0.25, -0.2) is 9.37 Å². The molecule has 0 aliphatic rings. The Hall–Kier alpha value is -2.08. The summed E-state index contributed by atoms with van der Waals surface area (Å²) in [7, 11) is 0. The lowest BCUT2D eigenvalue weighted by molar-refractivity contribution is 0.318. The molecule has 3 N–H and O–H groups in total. The van der Waals surface area contributed by atoms with Gasteiger partial charge in [0.05, 0.1) is 0 Å². The first-order valence-electron chi connectivity index (χ1n) is 5.07. The second kappa shape index (κ2) is 5.50. The first-order chi connectivity index (χ1) is 8.69. The van der Waals surface area contributed by atoms with Crippen LogP contribution < -0.4 is 5.73 Å². The fraction of sp³-hybridized carbons (Fsp3) is 0. The second-order valence-corrected chi connectivity index (χ2v) is 4.50. The van der Waals surface area contributed by atoms with Crippen LogP contribution >= 0.6 is 11.8 Å². The lowest BCUT2D eigenvalue weighted by Crippen LogP contribution is -2.14. The van der Waals surface area contributed by atoms with E-state index in [0.717, 1.165) is 4.90 Å². The molecular weight excluding hydrogens is 253 g/mol. The van der Waals surface area contributed by atoms with Crippen LogP contribution in [0.25, 0.3) is 0 Å². The van der Waals surface area contributed by atoms with Gasteiger partial charge < -0.3 is 10.9 Å². The monoisotopic (exact) mass is 263 g/mol. The summed E-state index contributed by atoms with van der Waals surface area (Å²) in [6, 6.07) is 11.3. The zero-order chi connectivity index (χ0) is 13.0. The Morgan fingerprint density at radius 3 is 2.78 bits per heavy atom. The van der Waals surface area contributed by atoms with E-state index in [2.05, 4.69) is 10.1 Å². The van der Waals surface area contributed by atoms with Gasteiger partial charge in [-0.15, -0.1) is 0 Å². The molecule has 1 aromatic carbocycles. The summed E-state index contributed by atoms with van der Waals surface area (Å²) >= 11 is 1.30. The highest BCUT2D eigenvalue weighted by Crippen LogP contribution is 2.26. The normalized spacial score (nSPS) is 11.5. The SMILES string of the molecule is NC(=NO)c1cccc(Sc2cccc(F)c2)n1. The maximum Gasteiger partial charge on any atom is 0.188 e. The maximum atomic E-state index is 13.0. The standard InChI is InChI=1S/C12H10FN3OS/c13-8-3-1-4-9(7-8)18-11-6-2-5-10(15-11)12(14)16-17/h1-7,17H,(H2,14,16). The zero-order valence-corrected chi connectivity index (χ0v) is 10.1. The minimum atomic E-state index is -0.299. The van der Waals surface area contributed by atoms with Crippen LogP contribution in [0.3, 0.4) is 0 Å². The summed E-state index contributed by atoms with van der Waals surface area (Å²) in [4.78, 5) is 4.93. The average Bonchev–Trinajstić information content (AvgIpc) is 2.38. The number of nitrogens with two attached hydrogens (primary N) is 1. The Labute approximate surface area is 107 Å². The molecule has 6 heteroatoms. The molecule has 0 bridgehead atoms. The molecule has 0 saturated heterocycles. The van der Waals surface area contributed by atoms with Crippen molar-refractivity contribution in [3.63, 3.8) is 0 Å². The third kappa shape index (κ3) is 2.98. The molecule has 0 unspecified atom stereocenters. The lowest BCUT2D eigenvalue weighted by Gasteiger charge is -2.03. The highest BCUT2D eigenvalue weighted by atomic mass is 32.2. The maximum absolute atomic E-state index is 13.0. The van der Waals surface area contributed by atoms with Crippen LogP contribution in [0.1, 0.15) is 5.69 Å². The van der Waals surface area contributed by atoms with Crippen molar-refractivity contribution >= 4 is 17.6 Å². The third-order valence-electron chi connectivity index (χ3n) is 2.11. The molecule has 0 aliphatic heterocycles. The second-order valence-electron chi connectivity index (χ2n) is 3.41. The quantitative estimate of drug-likeness (QED) is 0.386. The number of hydrogen-bond donors (Lipinski definition) is 2. The van der Waals surface area contributed by atoms with Crippen LogP contribution in [0.4, 0.5) is 4.39 Å². The summed E-state index contributed by atoms with van der Waals surface area (Å²) in [5.41, 5.74) is 5.82. The van der Waals surface area contributed by atoms with Crippen molar-refractivity contribution in [2.45, 2.75) is 9.92 Å². The van der Waals surface area contributed by atoms with Gasteiger partial charge in [0.25, 0.3) is 0 Å². The van der Waals surface area contributed by atoms with E-state index in [1.54, 1.807) is 30.3 Å². The fourth-order valence-corrected chi connectivity index (χ4v) is 2.17. The van der Waals surface area contributed by atoms with Gasteiger partial charge in [0.15, 0.2) is 5.84 Å². The summed E-state index contributed by atoms with van der Waals surface area (Å²) in [5, 5.41) is 12.1. The summed E-state index contributed by atoms with van der Waals surface area (Å²) in [5.74, 6) is -0.357. The lowest BCUT2D eigenvalue weighted by atomic mass is 10.3. The van der Waals surface area contributed by atoms with E-state index in [-0.39, 0.29) is 11.7 Å². The van der Waals surface area contributed by atoms with Gasteiger partial charge in [0, 0.05) is 4.90 Å². The number of oxime groups is 1. The Kier molecular flexibility index (Phi) is 3.78. The molecule has 0 amide bonds. The highest BCUT2D eigenvalue weighted by molar-refractivity contribution is 7.99. The topological polar surface area (TPSA) is 71.5 Å². The number of rotatable bonds is 3. The molecule has 1 heterocycles. The van der Waals surface area contributed by atoms with Crippen molar-refractivity contribution in [2.75, 3.05) is 0 Å². The number of nitrogens with zero attached hydrogens (tertiary/aromatic N) is 2. The predicted molar refractivity (Wildman–Crippen MR) is 67.3 cm³/mol. The first kappa shape index (κ1) is 12.4. The van der Waals surface area contributed by atoms with Crippen molar-refractivity contribution < 1.29 is 9.60 Å². The van der Waals surface area contributed by atoms with Crippen molar-refractivity contribution in [1.82, 2.24) is 4.98 Å². The molecule has 1 aromatic heterocycles. The smallest absolute Gasteiger partial charge is 0.188 e. The molecule has 2 rings (SSSR count). The Morgan fingerprint density at radius 2 is 2.06 bits per heavy atom. The van der Waals surface area contributed by atoms with Crippen LogP contribution in [0, 0.1) is 5.82 Å². The predicted octanol–water partition coefficient (Wildman–Crippen LogP) is 2.47. The third-order valence-corrected chi connectivity index (χ3v) is 3.04. The van der Waals surface area contributed by atoms with Crippen molar-refractivity contribution in [2.24, 2.45) is 10.9 Å². The van der Waals surface area contributed by atoms with Crippen molar-refractivity contribution in [1.29, 1.82) is 0 Å². The van der Waals surface area contributed by atoms with Crippen LogP contribution in [0.15, 0.2) is 57.5 Å². The average molecular weight is 263 g/mol. The van der Waals surface area contributed by atoms with Crippen LogP contribution in [0.5, 0.6) is 0 Å². The minimum Gasteiger partial charge on any atom is -0.409 e. The number of aromatic nitrogens is 1. The zero-order valence-electron chi connectivity index (χ0n) is 9.25. The Morgan fingerprint density at radius 1 is 1.28 bits per heavy atom. The van der Waals surface area contributed by atoms with Gasteiger partial charge in [-0.1, -0.05) is 29.1 Å². The van der Waals surface area contributed by atoms with E-state index >= 15 is 0 Å². The van der Waals surface area contributed by atoms with E-state index in [4.69, 9.17) is 10.9 Å². The van der Waals surface area contributed by atoms with Gasteiger partial charge in [-0.05, 0) is 30.3 Å². The fourth-order valence-electron chi connectivity index (χ4n) is 1.32. The van der Waals surface area contributed by atoms with Crippen molar-refractivity contribution in [3.05, 3.63) is 54.0 Å². The van der Waals surface area contributed by atoms with Gasteiger partial charge in [0.1, 0.15) is 16.5 Å². The van der Waals surface area contributed by atoms with Gasteiger partial charge in [-0.3, -0.25) is 0 Å². The van der Waals surface area contributed by atoms with Gasteiger partial charge >= 0.3 is 0 Å². The molecule has 0 atom stereocenters. The summed E-state index contributed by atoms with van der Waals surface area (Å²) in [6.07, 6.45) is 0. The Balaban J connectivity index is 2.24. The Bertz CT molecular complexity index is 589. The van der Waals surface area contributed by atoms with E-state index in [0.29, 0.717) is 10.7 Å². The van der Waals surface area contributed by atoms with E-state index < -0.39 is 0 Å². The number of pyridine rings is 1. The van der Waals surface area contributed by atoms with Crippen LogP contribution in [-0.2, 0) is 0 Å². The molecule has 0 saturated carbocycles. The van der Waals surface area contributed by atoms with Crippen LogP contribution in [-0.4, -0.2) is 16.0 Å².